The first-order chi connectivity index (χ1) is 4.83. The summed E-state index contributed by atoms with van der Waals surface area (Å²) in [5.41, 5.74) is 0. The van der Waals surface area contributed by atoms with Crippen molar-refractivity contribution in [3.63, 3.8) is 0 Å². The van der Waals surface area contributed by atoms with Gasteiger partial charge in [0.15, 0.2) is 0 Å². The fourth-order valence-electron chi connectivity index (χ4n) is 0.588. The zero-order chi connectivity index (χ0) is 7.40. The second-order valence-electron chi connectivity index (χ2n) is 2.12. The minimum Gasteiger partial charge on any atom is -0.466 e. The number of ether oxygens (including phenoxy) is 2. The molecule has 0 bridgehead atoms. The molecule has 0 aromatic heterocycles. The molecule has 0 spiro atoms. The molecule has 1 fully saturated rings. The van der Waals surface area contributed by atoms with Gasteiger partial charge in [0.2, 0.25) is 0 Å². The first-order valence-corrected chi connectivity index (χ1v) is 3.19. The maximum Gasteiger partial charge on any atom is 1.00 e. The van der Waals surface area contributed by atoms with Crippen LogP contribution in [0.1, 0.15) is 7.85 Å². The minimum absolute atomic E-state index is 0. The van der Waals surface area contributed by atoms with Crippen LogP contribution in [0, 0.1) is 0 Å². The van der Waals surface area contributed by atoms with Crippen molar-refractivity contribution in [1.29, 1.82) is 0 Å². The number of carbonyl (C=O) groups is 1. The van der Waals surface area contributed by atoms with Gasteiger partial charge in [-0.1, -0.05) is 6.08 Å². The van der Waals surface area contributed by atoms with Crippen molar-refractivity contribution in [1.82, 2.24) is 0 Å². The van der Waals surface area contributed by atoms with E-state index < -0.39 is 0 Å². The van der Waals surface area contributed by atoms with Gasteiger partial charge in [-0.15, -0.1) is 0 Å². The van der Waals surface area contributed by atoms with Gasteiger partial charge in [0.05, 0.1) is 19.8 Å². The molecule has 0 aromatic rings. The summed E-state index contributed by atoms with van der Waals surface area (Å²) in [6, 6.07) is 0. The molecule has 56 valence electrons. The highest BCUT2D eigenvalue weighted by Gasteiger charge is 2.19. The van der Waals surface area contributed by atoms with E-state index >= 15 is 0 Å². The van der Waals surface area contributed by atoms with Crippen LogP contribution in [0.2, 0.25) is 0 Å². The molecule has 3 heteroatoms. The second-order valence-corrected chi connectivity index (χ2v) is 2.12. The van der Waals surface area contributed by atoms with Crippen molar-refractivity contribution in [3.8, 4) is 0 Å². The predicted octanol–water partition coefficient (Wildman–Crippen LogP) is 0.617. The van der Waals surface area contributed by atoms with Gasteiger partial charge < -0.3 is 9.47 Å². The van der Waals surface area contributed by atoms with Gasteiger partial charge in [0.25, 0.3) is 0 Å². The fourth-order valence-corrected chi connectivity index (χ4v) is 0.588. The molecule has 0 amide bonds. The van der Waals surface area contributed by atoms with Crippen LogP contribution < -0.4 is 0 Å². The summed E-state index contributed by atoms with van der Waals surface area (Å²) in [5.74, 6) is -0.305. The predicted molar refractivity (Wildman–Crippen MR) is 36.6 cm³/mol. The molecule has 1 saturated heterocycles. The Labute approximate surface area is 61.1 Å². The van der Waals surface area contributed by atoms with E-state index in [4.69, 9.17) is 4.74 Å². The summed E-state index contributed by atoms with van der Waals surface area (Å²) < 4.78 is 9.31. The summed E-state index contributed by atoms with van der Waals surface area (Å²) in [5, 5.41) is 0. The molecule has 1 heterocycles. The Bertz CT molecular complexity index is 152. The molecular formula is C7H11O3+. The Morgan fingerprint density at radius 3 is 3.20 bits per heavy atom. The molecule has 0 aliphatic carbocycles. The van der Waals surface area contributed by atoms with Gasteiger partial charge in [-0.25, -0.2) is 4.79 Å². The van der Waals surface area contributed by atoms with Crippen LogP contribution in [0.15, 0.2) is 12.2 Å². The molecule has 1 aliphatic rings. The number of methoxy groups -OCH3 is 1. The second kappa shape index (κ2) is 3.37. The van der Waals surface area contributed by atoms with Crippen molar-refractivity contribution in [2.45, 2.75) is 12.5 Å². The summed E-state index contributed by atoms with van der Waals surface area (Å²) in [7, 11) is 1.36. The molecule has 0 radical (unpaired) electrons. The maximum atomic E-state index is 10.5. The van der Waals surface area contributed by atoms with E-state index in [0.29, 0.717) is 6.10 Å². The third-order valence-corrected chi connectivity index (χ3v) is 1.26. The van der Waals surface area contributed by atoms with Crippen LogP contribution in [-0.4, -0.2) is 25.8 Å². The number of hydrogen-bond donors (Lipinski definition) is 0. The van der Waals surface area contributed by atoms with Crippen LogP contribution in [0.4, 0.5) is 0 Å². The zero-order valence-corrected chi connectivity index (χ0v) is 5.87. The summed E-state index contributed by atoms with van der Waals surface area (Å²) in [6.07, 6.45) is 4.35. The molecular weight excluding hydrogens is 132 g/mol. The summed E-state index contributed by atoms with van der Waals surface area (Å²) in [6.45, 7) is 0.825. The monoisotopic (exact) mass is 143 g/mol. The topological polar surface area (TPSA) is 38.8 Å². The van der Waals surface area contributed by atoms with Crippen LogP contribution in [0.5, 0.6) is 0 Å². The van der Waals surface area contributed by atoms with Crippen molar-refractivity contribution in [2.24, 2.45) is 0 Å². The van der Waals surface area contributed by atoms with Crippen molar-refractivity contribution >= 4 is 5.97 Å². The van der Waals surface area contributed by atoms with E-state index in [1.165, 1.54) is 13.2 Å². The highest BCUT2D eigenvalue weighted by Crippen LogP contribution is 2.13. The average Bonchev–Trinajstić information content (AvgIpc) is 2.71. The van der Waals surface area contributed by atoms with E-state index in [1.54, 1.807) is 6.08 Å². The number of carbonyl (C=O) groups excluding carboxylic acids is 1. The molecule has 0 aromatic carbocycles. The number of rotatable bonds is 3. The van der Waals surface area contributed by atoms with Gasteiger partial charge >= 0.3 is 7.40 Å². The lowest BCUT2D eigenvalue weighted by Gasteiger charge is -1.87. The molecule has 1 unspecified atom stereocenters. The summed E-state index contributed by atoms with van der Waals surface area (Å²) in [4.78, 5) is 10.5. The lowest BCUT2D eigenvalue weighted by Crippen LogP contribution is -1.93. The quantitative estimate of drug-likeness (QED) is 0.330. The lowest BCUT2D eigenvalue weighted by molar-refractivity contribution is -0.134. The van der Waals surface area contributed by atoms with Crippen LogP contribution in [-0.2, 0) is 14.3 Å². The zero-order valence-electron chi connectivity index (χ0n) is 6.87. The van der Waals surface area contributed by atoms with E-state index in [-0.39, 0.29) is 7.40 Å². The van der Waals surface area contributed by atoms with Crippen molar-refractivity contribution < 1.29 is 15.7 Å². The number of epoxide rings is 1. The maximum absolute atomic E-state index is 10.5. The Morgan fingerprint density at radius 1 is 2.00 bits per heavy atom. The Hall–Kier alpha value is -0.830. The third-order valence-electron chi connectivity index (χ3n) is 1.26. The standard InChI is InChI=1S/C7H10O3/c1-9-7(8)4-2-3-6-5-10-6/h2,4,6H,3,5H2,1H3/p+1. The highest BCUT2D eigenvalue weighted by molar-refractivity contribution is 5.81. The van der Waals surface area contributed by atoms with Gasteiger partial charge in [-0.05, 0) is 6.42 Å². The highest BCUT2D eigenvalue weighted by atomic mass is 16.6. The van der Waals surface area contributed by atoms with Gasteiger partial charge in [-0.2, -0.15) is 0 Å². The van der Waals surface area contributed by atoms with E-state index in [0.717, 1.165) is 13.0 Å². The largest absolute Gasteiger partial charge is 1.00 e. The first kappa shape index (κ1) is 7.28. The number of esters is 1. The van der Waals surface area contributed by atoms with E-state index in [2.05, 4.69) is 4.74 Å². The Balaban J connectivity index is 0.000001000. The van der Waals surface area contributed by atoms with Gasteiger partial charge in [0.1, 0.15) is 0 Å². The average molecular weight is 143 g/mol. The van der Waals surface area contributed by atoms with Gasteiger partial charge in [-0.3, -0.25) is 0 Å². The molecule has 1 rings (SSSR count). The fraction of sp³-hybridized carbons (Fsp3) is 0.571. The normalized spacial score (nSPS) is 23.1. The SMILES string of the molecule is COC(=O)C=CCC1CO1.[H+]. The molecule has 3 nitrogen and oxygen atoms in total. The van der Waals surface area contributed by atoms with E-state index in [9.17, 15) is 4.79 Å². The molecule has 0 N–H and O–H groups in total. The van der Waals surface area contributed by atoms with Gasteiger partial charge in [0, 0.05) is 6.08 Å². The Morgan fingerprint density at radius 2 is 2.70 bits per heavy atom. The molecule has 10 heavy (non-hydrogen) atoms. The molecule has 0 saturated carbocycles. The lowest BCUT2D eigenvalue weighted by atomic mass is 10.3. The molecule has 1 atom stereocenters. The third kappa shape index (κ3) is 2.64. The minimum atomic E-state index is -0.305. The van der Waals surface area contributed by atoms with Crippen molar-refractivity contribution in [3.05, 3.63) is 12.2 Å². The summed E-state index contributed by atoms with van der Waals surface area (Å²) >= 11 is 0. The van der Waals surface area contributed by atoms with Crippen LogP contribution in [0.25, 0.3) is 0 Å². The van der Waals surface area contributed by atoms with Crippen molar-refractivity contribution in [2.75, 3.05) is 13.7 Å². The first-order valence-electron chi connectivity index (χ1n) is 3.19. The van der Waals surface area contributed by atoms with E-state index in [1.807, 2.05) is 0 Å². The number of hydrogen-bond acceptors (Lipinski definition) is 3. The Kier molecular flexibility index (Phi) is 2.45. The van der Waals surface area contributed by atoms with Crippen LogP contribution >= 0.6 is 0 Å². The smallest absolute Gasteiger partial charge is 0.466 e. The van der Waals surface area contributed by atoms with Crippen LogP contribution in [0.3, 0.4) is 0 Å². The molecule has 1 aliphatic heterocycles.